The van der Waals surface area contributed by atoms with E-state index in [1.54, 1.807) is 0 Å². The fraction of sp³-hybridized carbons (Fsp3) is 0.375. The van der Waals surface area contributed by atoms with E-state index in [0.717, 1.165) is 0 Å². The second-order valence-corrected chi connectivity index (χ2v) is 3.34. The molecule has 0 aromatic carbocycles. The zero-order valence-electron chi connectivity index (χ0n) is 8.03. The molecule has 2 N–H and O–H groups in total. The third kappa shape index (κ3) is 3.14. The van der Waals surface area contributed by atoms with Gasteiger partial charge in [-0.2, -0.15) is 0 Å². The maximum Gasteiger partial charge on any atom is 0.360 e. The van der Waals surface area contributed by atoms with Crippen LogP contribution in [0.5, 0.6) is 0 Å². The number of methoxy groups -OCH3 is 1. The summed E-state index contributed by atoms with van der Waals surface area (Å²) in [5, 5.41) is 11.4. The van der Waals surface area contributed by atoms with Crippen LogP contribution in [0.1, 0.15) is 10.5 Å². The monoisotopic (exact) mass is 275 g/mol. The van der Waals surface area contributed by atoms with Gasteiger partial charge in [0.2, 0.25) is 0 Å². The van der Waals surface area contributed by atoms with Gasteiger partial charge in [0.05, 0.1) is 19.9 Å². The lowest BCUT2D eigenvalue weighted by Crippen LogP contribution is -2.14. The van der Waals surface area contributed by atoms with E-state index in [0.29, 0.717) is 17.0 Å². The van der Waals surface area contributed by atoms with Gasteiger partial charge < -0.3 is 15.2 Å². The molecule has 0 amide bonds. The molecule has 1 aromatic rings. The average Bonchev–Trinajstić information content (AvgIpc) is 2.26. The Hall–Kier alpha value is -1.21. The maximum atomic E-state index is 11.3. The first-order valence-electron chi connectivity index (χ1n) is 4.14. The predicted octanol–water partition coefficient (Wildman–Crippen LogP) is 0.430. The van der Waals surface area contributed by atoms with Crippen LogP contribution in [0.3, 0.4) is 0 Å². The first-order chi connectivity index (χ1) is 7.19. The number of carbonyl (C=O) groups excluding carboxylic acids is 1. The van der Waals surface area contributed by atoms with Gasteiger partial charge in [0.1, 0.15) is 4.60 Å². The van der Waals surface area contributed by atoms with Crippen molar-refractivity contribution in [3.63, 3.8) is 0 Å². The van der Waals surface area contributed by atoms with Crippen molar-refractivity contribution < 1.29 is 14.6 Å². The van der Waals surface area contributed by atoms with Gasteiger partial charge in [0, 0.05) is 6.54 Å². The molecule has 0 saturated heterocycles. The van der Waals surface area contributed by atoms with Gasteiger partial charge in [-0.1, -0.05) is 0 Å². The highest BCUT2D eigenvalue weighted by Crippen LogP contribution is 2.14. The van der Waals surface area contributed by atoms with Gasteiger partial charge in [-0.25, -0.2) is 14.8 Å². The summed E-state index contributed by atoms with van der Waals surface area (Å²) in [5.41, 5.74) is 0.0836. The zero-order chi connectivity index (χ0) is 11.3. The number of aliphatic hydroxyl groups excluding tert-OH is 1. The Labute approximate surface area is 94.8 Å². The molecule has 1 heterocycles. The van der Waals surface area contributed by atoms with Crippen LogP contribution in [0.25, 0.3) is 0 Å². The Kier molecular flexibility index (Phi) is 4.44. The lowest BCUT2D eigenvalue weighted by molar-refractivity contribution is 0.0594. The molecule has 1 aromatic heterocycles. The van der Waals surface area contributed by atoms with E-state index >= 15 is 0 Å². The molecule has 6 nitrogen and oxygen atoms in total. The molecule has 7 heteroatoms. The second-order valence-electron chi connectivity index (χ2n) is 2.53. The molecule has 0 aliphatic heterocycles. The van der Waals surface area contributed by atoms with Crippen molar-refractivity contribution >= 4 is 27.7 Å². The van der Waals surface area contributed by atoms with E-state index < -0.39 is 5.97 Å². The minimum atomic E-state index is -0.579. The van der Waals surface area contributed by atoms with Crippen molar-refractivity contribution in [2.45, 2.75) is 0 Å². The van der Waals surface area contributed by atoms with E-state index in [9.17, 15) is 4.79 Å². The van der Waals surface area contributed by atoms with E-state index in [1.807, 2.05) is 0 Å². The minimum Gasteiger partial charge on any atom is -0.464 e. The number of esters is 1. The van der Waals surface area contributed by atoms with Gasteiger partial charge in [-0.3, -0.25) is 0 Å². The first kappa shape index (κ1) is 11.9. The van der Waals surface area contributed by atoms with Crippen molar-refractivity contribution in [1.29, 1.82) is 0 Å². The molecule has 0 spiro atoms. The molecule has 15 heavy (non-hydrogen) atoms. The SMILES string of the molecule is COC(=O)c1nc(Br)cnc1NCCO. The topological polar surface area (TPSA) is 84.3 Å². The minimum absolute atomic E-state index is 0.0572. The summed E-state index contributed by atoms with van der Waals surface area (Å²) in [5.74, 6) is -0.289. The van der Waals surface area contributed by atoms with Crippen LogP contribution in [-0.4, -0.2) is 41.3 Å². The van der Waals surface area contributed by atoms with Gasteiger partial charge in [0.25, 0.3) is 0 Å². The third-order valence-corrected chi connectivity index (χ3v) is 1.91. The van der Waals surface area contributed by atoms with Crippen LogP contribution in [0.2, 0.25) is 0 Å². The van der Waals surface area contributed by atoms with Crippen molar-refractivity contribution in [3.8, 4) is 0 Å². The third-order valence-electron chi connectivity index (χ3n) is 1.53. The number of rotatable bonds is 4. The summed E-state index contributed by atoms with van der Waals surface area (Å²) >= 11 is 3.10. The Morgan fingerprint density at radius 3 is 3.07 bits per heavy atom. The molecule has 0 aliphatic rings. The number of nitrogens with zero attached hydrogens (tertiary/aromatic N) is 2. The normalized spacial score (nSPS) is 9.80. The van der Waals surface area contributed by atoms with Crippen LogP contribution in [0.4, 0.5) is 5.82 Å². The summed E-state index contributed by atoms with van der Waals surface area (Å²) in [4.78, 5) is 19.2. The highest BCUT2D eigenvalue weighted by atomic mass is 79.9. The van der Waals surface area contributed by atoms with Crippen molar-refractivity contribution in [1.82, 2.24) is 9.97 Å². The van der Waals surface area contributed by atoms with Crippen LogP contribution < -0.4 is 5.32 Å². The van der Waals surface area contributed by atoms with Crippen molar-refractivity contribution in [2.75, 3.05) is 25.6 Å². The molecule has 82 valence electrons. The molecule has 1 rings (SSSR count). The highest BCUT2D eigenvalue weighted by Gasteiger charge is 2.15. The molecule has 0 aliphatic carbocycles. The number of hydrogen-bond donors (Lipinski definition) is 2. The second kappa shape index (κ2) is 5.62. The average molecular weight is 276 g/mol. The number of aromatic nitrogens is 2. The first-order valence-corrected chi connectivity index (χ1v) is 4.94. The zero-order valence-corrected chi connectivity index (χ0v) is 9.61. The van der Waals surface area contributed by atoms with E-state index in [1.165, 1.54) is 13.3 Å². The Morgan fingerprint density at radius 2 is 2.47 bits per heavy atom. The molecular weight excluding hydrogens is 266 g/mol. The Bertz CT molecular complexity index is 359. The van der Waals surface area contributed by atoms with Gasteiger partial charge in [-0.05, 0) is 15.9 Å². The standard InChI is InChI=1S/C8H10BrN3O3/c1-15-8(14)6-7(10-2-3-13)11-4-5(9)12-6/h4,13H,2-3H2,1H3,(H,10,11). The molecule has 0 unspecified atom stereocenters. The lowest BCUT2D eigenvalue weighted by Gasteiger charge is -2.07. The predicted molar refractivity (Wildman–Crippen MR) is 56.6 cm³/mol. The molecule has 0 radical (unpaired) electrons. The number of ether oxygens (including phenoxy) is 1. The Morgan fingerprint density at radius 1 is 1.73 bits per heavy atom. The van der Waals surface area contributed by atoms with Crippen molar-refractivity contribution in [2.24, 2.45) is 0 Å². The van der Waals surface area contributed by atoms with Gasteiger partial charge >= 0.3 is 5.97 Å². The van der Waals surface area contributed by atoms with Crippen LogP contribution in [0.15, 0.2) is 10.8 Å². The van der Waals surface area contributed by atoms with Crippen LogP contribution in [-0.2, 0) is 4.74 Å². The largest absolute Gasteiger partial charge is 0.464 e. The number of halogens is 1. The molecular formula is C8H10BrN3O3. The molecule has 0 atom stereocenters. The molecule has 0 fully saturated rings. The lowest BCUT2D eigenvalue weighted by atomic mass is 10.4. The number of anilines is 1. The quantitative estimate of drug-likeness (QED) is 0.776. The smallest absolute Gasteiger partial charge is 0.360 e. The van der Waals surface area contributed by atoms with Gasteiger partial charge in [-0.15, -0.1) is 0 Å². The fourth-order valence-corrected chi connectivity index (χ4v) is 1.19. The molecule has 0 saturated carbocycles. The molecule has 0 bridgehead atoms. The fourth-order valence-electron chi connectivity index (χ4n) is 0.910. The van der Waals surface area contributed by atoms with Crippen molar-refractivity contribution in [3.05, 3.63) is 16.5 Å². The van der Waals surface area contributed by atoms with E-state index in [2.05, 4.69) is 36.0 Å². The van der Waals surface area contributed by atoms with Crippen LogP contribution >= 0.6 is 15.9 Å². The maximum absolute atomic E-state index is 11.3. The summed E-state index contributed by atoms with van der Waals surface area (Å²) < 4.78 is 4.99. The summed E-state index contributed by atoms with van der Waals surface area (Å²) in [6.07, 6.45) is 1.45. The number of hydrogen-bond acceptors (Lipinski definition) is 6. The van der Waals surface area contributed by atoms with E-state index in [-0.39, 0.29) is 12.3 Å². The number of nitrogens with one attached hydrogen (secondary N) is 1. The summed E-state index contributed by atoms with van der Waals surface area (Å²) in [6.45, 7) is 0.235. The van der Waals surface area contributed by atoms with Gasteiger partial charge in [0.15, 0.2) is 11.5 Å². The Balaban J connectivity index is 2.97. The van der Waals surface area contributed by atoms with E-state index in [4.69, 9.17) is 5.11 Å². The van der Waals surface area contributed by atoms with Crippen LogP contribution in [0, 0.1) is 0 Å². The number of carbonyl (C=O) groups is 1. The highest BCUT2D eigenvalue weighted by molar-refractivity contribution is 9.10. The number of aliphatic hydroxyl groups is 1. The summed E-state index contributed by atoms with van der Waals surface area (Å²) in [7, 11) is 1.26. The summed E-state index contributed by atoms with van der Waals surface area (Å²) in [6, 6.07) is 0.